The van der Waals surface area contributed by atoms with Gasteiger partial charge in [0.2, 0.25) is 0 Å². The molecule has 0 saturated carbocycles. The molecule has 0 aromatic heterocycles. The standard InChI is InChI=1S/C30H21N5O13S2/c36-26(37)13-31-17-2-1-14-10-25(50(46,47)48)27(28(38)21(14)11-17)35-34-23-5-6-24(22-12-19(49(43,44)45)3-4-20(22)23)33-32-18-8-15(29(39)40)7-16(9-18)30(41)42/h1-12,31,38H,13H2,(H,36,37)(H,39,40)(H,41,42)(H,43,44,45)(H,46,47,48). The highest BCUT2D eigenvalue weighted by molar-refractivity contribution is 7.86. The van der Waals surface area contributed by atoms with E-state index in [9.17, 15) is 55.6 Å². The van der Waals surface area contributed by atoms with Gasteiger partial charge < -0.3 is 25.7 Å². The van der Waals surface area contributed by atoms with Crippen LogP contribution >= 0.6 is 0 Å². The number of carboxylic acids is 3. The van der Waals surface area contributed by atoms with Crippen LogP contribution in [0.5, 0.6) is 5.75 Å². The summed E-state index contributed by atoms with van der Waals surface area (Å²) in [6, 6.07) is 13.8. The summed E-state index contributed by atoms with van der Waals surface area (Å²) in [5.74, 6) is -4.79. The summed E-state index contributed by atoms with van der Waals surface area (Å²) in [6.45, 7) is -0.470. The van der Waals surface area contributed by atoms with E-state index in [0.717, 1.165) is 36.4 Å². The molecule has 5 aromatic carbocycles. The molecule has 20 heteroatoms. The molecule has 0 fully saturated rings. The number of carboxylic acid groups (broad SMARTS) is 3. The van der Waals surface area contributed by atoms with Crippen molar-refractivity contribution >= 4 is 88.1 Å². The fourth-order valence-corrected chi connectivity index (χ4v) is 5.85. The Morgan fingerprint density at radius 1 is 0.640 bits per heavy atom. The molecular weight excluding hydrogens is 702 g/mol. The topological polar surface area (TPSA) is 302 Å². The summed E-state index contributed by atoms with van der Waals surface area (Å²) in [5, 5.41) is 57.4. The lowest BCUT2D eigenvalue weighted by atomic mass is 10.1. The molecule has 18 nitrogen and oxygen atoms in total. The zero-order valence-electron chi connectivity index (χ0n) is 24.8. The van der Waals surface area contributed by atoms with Gasteiger partial charge in [-0.15, -0.1) is 15.3 Å². The molecule has 5 aromatic rings. The Morgan fingerprint density at radius 2 is 1.26 bits per heavy atom. The number of nitrogens with zero attached hydrogens (tertiary/aromatic N) is 4. The number of hydrogen-bond donors (Lipinski definition) is 7. The van der Waals surface area contributed by atoms with Crippen LogP contribution < -0.4 is 5.32 Å². The van der Waals surface area contributed by atoms with Crippen molar-refractivity contribution in [3.8, 4) is 5.75 Å². The molecule has 0 radical (unpaired) electrons. The third kappa shape index (κ3) is 7.52. The number of phenolic OH excluding ortho intramolecular Hbond substituents is 1. The largest absolute Gasteiger partial charge is 0.505 e. The first-order valence-corrected chi connectivity index (χ1v) is 16.5. The fourth-order valence-electron chi connectivity index (χ4n) is 4.68. The summed E-state index contributed by atoms with van der Waals surface area (Å²) in [7, 11) is -9.77. The molecule has 7 N–H and O–H groups in total. The summed E-state index contributed by atoms with van der Waals surface area (Å²) in [5.41, 5.74) is -1.58. The number of aliphatic carboxylic acids is 1. The van der Waals surface area contributed by atoms with Crippen LogP contribution in [0.2, 0.25) is 0 Å². The predicted molar refractivity (Wildman–Crippen MR) is 174 cm³/mol. The Kier molecular flexibility index (Phi) is 9.29. The maximum Gasteiger partial charge on any atom is 0.335 e. The molecule has 0 atom stereocenters. The minimum Gasteiger partial charge on any atom is -0.505 e. The molecule has 5 rings (SSSR count). The van der Waals surface area contributed by atoms with E-state index in [1.54, 1.807) is 0 Å². The molecule has 0 bridgehead atoms. The minimum atomic E-state index is -5.01. The van der Waals surface area contributed by atoms with Gasteiger partial charge in [0, 0.05) is 21.8 Å². The molecule has 0 heterocycles. The number of hydrogen-bond acceptors (Lipinski definition) is 13. The lowest BCUT2D eigenvalue weighted by Crippen LogP contribution is -2.12. The van der Waals surface area contributed by atoms with E-state index >= 15 is 0 Å². The first-order chi connectivity index (χ1) is 23.4. The number of aromatic carboxylic acids is 2. The van der Waals surface area contributed by atoms with Crippen molar-refractivity contribution in [2.75, 3.05) is 11.9 Å². The Labute approximate surface area is 280 Å². The van der Waals surface area contributed by atoms with Crippen LogP contribution in [0.1, 0.15) is 20.7 Å². The van der Waals surface area contributed by atoms with E-state index in [1.165, 1.54) is 36.4 Å². The number of aromatic hydroxyl groups is 1. The second-order valence-corrected chi connectivity index (χ2v) is 13.1. The highest BCUT2D eigenvalue weighted by atomic mass is 32.2. The van der Waals surface area contributed by atoms with Crippen LogP contribution in [0.4, 0.5) is 28.4 Å². The fraction of sp³-hybridized carbons (Fsp3) is 0.0333. The second kappa shape index (κ2) is 13.3. The number of rotatable bonds is 11. The van der Waals surface area contributed by atoms with Gasteiger partial charge in [0.1, 0.15) is 17.1 Å². The summed E-state index contributed by atoms with van der Waals surface area (Å²) in [4.78, 5) is 32.5. The van der Waals surface area contributed by atoms with Crippen molar-refractivity contribution in [3.05, 3.63) is 83.9 Å². The molecule has 0 aliphatic heterocycles. The van der Waals surface area contributed by atoms with Crippen molar-refractivity contribution < 1.29 is 60.8 Å². The number of azo groups is 2. The minimum absolute atomic E-state index is 0.0122. The number of phenols is 1. The highest BCUT2D eigenvalue weighted by Crippen LogP contribution is 2.43. The smallest absolute Gasteiger partial charge is 0.335 e. The van der Waals surface area contributed by atoms with Crippen LogP contribution in [0.15, 0.2) is 103 Å². The van der Waals surface area contributed by atoms with Crippen LogP contribution in [0, 0.1) is 0 Å². The average Bonchev–Trinajstić information content (AvgIpc) is 3.04. The number of carbonyl (C=O) groups is 3. The number of benzene rings is 5. The lowest BCUT2D eigenvalue weighted by Gasteiger charge is -2.11. The zero-order valence-corrected chi connectivity index (χ0v) is 26.4. The van der Waals surface area contributed by atoms with Gasteiger partial charge in [0.25, 0.3) is 20.2 Å². The first-order valence-electron chi connectivity index (χ1n) is 13.6. The molecule has 0 aliphatic carbocycles. The molecule has 0 aliphatic rings. The third-order valence-corrected chi connectivity index (χ3v) is 8.67. The van der Waals surface area contributed by atoms with Gasteiger partial charge in [-0.1, -0.05) is 12.1 Å². The Bertz CT molecular complexity index is 2520. The number of fused-ring (bicyclic) bond motifs is 2. The maximum absolute atomic E-state index is 12.3. The zero-order chi connectivity index (χ0) is 36.5. The van der Waals surface area contributed by atoms with Gasteiger partial charge in [-0.3, -0.25) is 13.9 Å². The second-order valence-electron chi connectivity index (χ2n) is 10.3. The number of anilines is 1. The van der Waals surface area contributed by atoms with E-state index in [4.69, 9.17) is 5.11 Å². The quantitative estimate of drug-likeness (QED) is 0.0615. The Hall–Kier alpha value is -6.35. The van der Waals surface area contributed by atoms with E-state index in [-0.39, 0.29) is 44.3 Å². The molecule has 50 heavy (non-hydrogen) atoms. The molecule has 0 saturated heterocycles. The summed E-state index contributed by atoms with van der Waals surface area (Å²) < 4.78 is 68.1. The van der Waals surface area contributed by atoms with Crippen molar-refractivity contribution in [1.82, 2.24) is 0 Å². The van der Waals surface area contributed by atoms with Gasteiger partial charge in [-0.05, 0) is 66.0 Å². The van der Waals surface area contributed by atoms with E-state index in [2.05, 4.69) is 25.8 Å². The summed E-state index contributed by atoms with van der Waals surface area (Å²) >= 11 is 0. The lowest BCUT2D eigenvalue weighted by molar-refractivity contribution is -0.134. The predicted octanol–water partition coefficient (Wildman–Crippen LogP) is 5.92. The van der Waals surface area contributed by atoms with Crippen LogP contribution in [-0.4, -0.2) is 70.8 Å². The van der Waals surface area contributed by atoms with Crippen molar-refractivity contribution in [2.24, 2.45) is 20.5 Å². The van der Waals surface area contributed by atoms with E-state index in [1.807, 2.05) is 0 Å². The monoisotopic (exact) mass is 723 g/mol. The number of nitrogens with one attached hydrogen (secondary N) is 1. The van der Waals surface area contributed by atoms with Crippen molar-refractivity contribution in [2.45, 2.75) is 9.79 Å². The average molecular weight is 724 g/mol. The van der Waals surface area contributed by atoms with Gasteiger partial charge in [-0.2, -0.15) is 21.9 Å². The first kappa shape index (κ1) is 35.0. The normalized spacial score (nSPS) is 12.2. The van der Waals surface area contributed by atoms with E-state index in [0.29, 0.717) is 0 Å². The molecule has 0 spiro atoms. The molecule has 0 unspecified atom stereocenters. The summed E-state index contributed by atoms with van der Waals surface area (Å²) in [6.07, 6.45) is 0. The highest BCUT2D eigenvalue weighted by Gasteiger charge is 2.23. The van der Waals surface area contributed by atoms with Crippen molar-refractivity contribution in [3.63, 3.8) is 0 Å². The SMILES string of the molecule is O=C(O)CNc1ccc2cc(S(=O)(=O)O)c(N=Nc3ccc(N=Nc4cc(C(=O)O)cc(C(=O)O)c4)c4cc(S(=O)(=O)O)ccc34)c(O)c2c1. The third-order valence-electron chi connectivity index (χ3n) is 6.96. The van der Waals surface area contributed by atoms with Crippen LogP contribution in [0.25, 0.3) is 21.5 Å². The van der Waals surface area contributed by atoms with Crippen LogP contribution in [-0.2, 0) is 25.0 Å². The Morgan fingerprint density at radius 3 is 1.84 bits per heavy atom. The molecule has 0 amide bonds. The molecular formula is C30H21N5O13S2. The van der Waals surface area contributed by atoms with Gasteiger partial charge >= 0.3 is 17.9 Å². The maximum atomic E-state index is 12.3. The van der Waals surface area contributed by atoms with Gasteiger partial charge in [0.05, 0.1) is 33.1 Å². The van der Waals surface area contributed by atoms with Gasteiger partial charge in [-0.25, -0.2) is 9.59 Å². The Balaban J connectivity index is 1.66. The molecule has 256 valence electrons. The van der Waals surface area contributed by atoms with E-state index < -0.39 is 77.0 Å². The van der Waals surface area contributed by atoms with Gasteiger partial charge in [0.15, 0.2) is 5.75 Å². The van der Waals surface area contributed by atoms with Crippen molar-refractivity contribution in [1.29, 1.82) is 0 Å². The van der Waals surface area contributed by atoms with Crippen LogP contribution in [0.3, 0.4) is 0 Å².